The molecule has 1 aliphatic rings. The number of hydrogen-bond donors (Lipinski definition) is 2. The summed E-state index contributed by atoms with van der Waals surface area (Å²) in [5.74, 6) is 0.413. The number of likely N-dealkylation sites (tertiary alicyclic amines) is 1. The number of nitrogens with zero attached hydrogens (tertiary/aromatic N) is 1. The Kier molecular flexibility index (Phi) is 9.05. The molecule has 0 aliphatic carbocycles. The number of nitrogens with one attached hydrogen (secondary N) is 2. The molecule has 36 heavy (non-hydrogen) atoms. The summed E-state index contributed by atoms with van der Waals surface area (Å²) in [4.78, 5) is 27.5. The molecule has 0 bridgehead atoms. The monoisotopic (exact) mass is 501 g/mol. The van der Waals surface area contributed by atoms with E-state index in [9.17, 15) is 9.59 Å². The number of anilines is 1. The molecule has 1 aliphatic heterocycles. The van der Waals surface area contributed by atoms with Gasteiger partial charge in [-0.25, -0.2) is 0 Å². The van der Waals surface area contributed by atoms with Crippen LogP contribution in [0.2, 0.25) is 0 Å². The van der Waals surface area contributed by atoms with E-state index < -0.39 is 0 Å². The molecule has 0 radical (unpaired) electrons. The van der Waals surface area contributed by atoms with Crippen molar-refractivity contribution < 1.29 is 14.3 Å². The van der Waals surface area contributed by atoms with E-state index in [1.54, 1.807) is 30.3 Å². The second-order valence-electron chi connectivity index (χ2n) is 8.80. The first-order valence-corrected chi connectivity index (χ1v) is 12.8. The SMILES string of the molecule is O=C(NC(=S)Nc1cccc(C(=O)N2CCCCCC2)c1)c1ccc(OCCc2ccccc2)cc1. The highest BCUT2D eigenvalue weighted by Gasteiger charge is 2.17. The summed E-state index contributed by atoms with van der Waals surface area (Å²) >= 11 is 5.33. The summed E-state index contributed by atoms with van der Waals surface area (Å²) < 4.78 is 5.79. The number of carbonyl (C=O) groups is 2. The lowest BCUT2D eigenvalue weighted by Gasteiger charge is -2.20. The van der Waals surface area contributed by atoms with Gasteiger partial charge in [-0.1, -0.05) is 49.2 Å². The fourth-order valence-corrected chi connectivity index (χ4v) is 4.37. The fourth-order valence-electron chi connectivity index (χ4n) is 4.16. The number of rotatable bonds is 7. The van der Waals surface area contributed by atoms with Crippen molar-refractivity contribution in [2.75, 3.05) is 25.0 Å². The molecule has 0 aromatic heterocycles. The van der Waals surface area contributed by atoms with E-state index in [0.29, 0.717) is 29.2 Å². The highest BCUT2D eigenvalue weighted by Crippen LogP contribution is 2.17. The van der Waals surface area contributed by atoms with Crippen molar-refractivity contribution in [1.82, 2.24) is 10.2 Å². The van der Waals surface area contributed by atoms with Crippen LogP contribution in [0.4, 0.5) is 5.69 Å². The molecule has 1 heterocycles. The minimum atomic E-state index is -0.319. The lowest BCUT2D eigenvalue weighted by Crippen LogP contribution is -2.34. The van der Waals surface area contributed by atoms with E-state index in [0.717, 1.165) is 32.4 Å². The quantitative estimate of drug-likeness (QED) is 0.421. The minimum Gasteiger partial charge on any atom is -0.493 e. The van der Waals surface area contributed by atoms with Gasteiger partial charge in [0.05, 0.1) is 6.61 Å². The van der Waals surface area contributed by atoms with E-state index in [1.807, 2.05) is 41.3 Å². The largest absolute Gasteiger partial charge is 0.493 e. The zero-order valence-electron chi connectivity index (χ0n) is 20.2. The number of thiocarbonyl (C=S) groups is 1. The zero-order chi connectivity index (χ0) is 25.2. The van der Waals surface area contributed by atoms with Crippen LogP contribution >= 0.6 is 12.2 Å². The highest BCUT2D eigenvalue weighted by atomic mass is 32.1. The third-order valence-electron chi connectivity index (χ3n) is 6.11. The third-order valence-corrected chi connectivity index (χ3v) is 6.31. The summed E-state index contributed by atoms with van der Waals surface area (Å²) in [6.07, 6.45) is 5.24. The van der Waals surface area contributed by atoms with E-state index in [2.05, 4.69) is 22.8 Å². The maximum absolute atomic E-state index is 12.9. The van der Waals surface area contributed by atoms with Crippen LogP contribution in [0, 0.1) is 0 Å². The van der Waals surface area contributed by atoms with Gasteiger partial charge in [0.2, 0.25) is 0 Å². The Morgan fingerprint density at radius 2 is 1.56 bits per heavy atom. The molecule has 0 unspecified atom stereocenters. The zero-order valence-corrected chi connectivity index (χ0v) is 21.1. The topological polar surface area (TPSA) is 70.7 Å². The molecule has 186 valence electrons. The molecule has 1 saturated heterocycles. The van der Waals surface area contributed by atoms with Crippen molar-refractivity contribution in [1.29, 1.82) is 0 Å². The fraction of sp³-hybridized carbons (Fsp3) is 0.276. The van der Waals surface area contributed by atoms with Gasteiger partial charge in [0, 0.05) is 36.3 Å². The van der Waals surface area contributed by atoms with E-state index in [1.165, 1.54) is 18.4 Å². The maximum atomic E-state index is 12.9. The van der Waals surface area contributed by atoms with Crippen molar-refractivity contribution in [3.8, 4) is 5.75 Å². The van der Waals surface area contributed by atoms with Gasteiger partial charge in [-0.3, -0.25) is 14.9 Å². The van der Waals surface area contributed by atoms with Crippen LogP contribution in [0.3, 0.4) is 0 Å². The van der Waals surface area contributed by atoms with Gasteiger partial charge in [0.1, 0.15) is 5.75 Å². The molecule has 3 aromatic carbocycles. The van der Waals surface area contributed by atoms with Crippen LogP contribution in [0.15, 0.2) is 78.9 Å². The van der Waals surface area contributed by atoms with Gasteiger partial charge in [-0.2, -0.15) is 0 Å². The Morgan fingerprint density at radius 1 is 0.833 bits per heavy atom. The summed E-state index contributed by atoms with van der Waals surface area (Å²) in [5.41, 5.74) is 2.95. The van der Waals surface area contributed by atoms with Crippen molar-refractivity contribution in [3.63, 3.8) is 0 Å². The van der Waals surface area contributed by atoms with Gasteiger partial charge < -0.3 is 15.0 Å². The molecule has 0 saturated carbocycles. The first-order valence-electron chi connectivity index (χ1n) is 12.4. The van der Waals surface area contributed by atoms with Gasteiger partial charge >= 0.3 is 0 Å². The average Bonchev–Trinajstić information content (AvgIpc) is 3.19. The van der Waals surface area contributed by atoms with Gasteiger partial charge in [-0.15, -0.1) is 0 Å². The molecule has 2 amide bonds. The number of hydrogen-bond acceptors (Lipinski definition) is 4. The third kappa shape index (κ3) is 7.39. The molecule has 2 N–H and O–H groups in total. The Hall–Kier alpha value is -3.71. The number of benzene rings is 3. The smallest absolute Gasteiger partial charge is 0.257 e. The summed E-state index contributed by atoms with van der Waals surface area (Å²) in [7, 11) is 0. The minimum absolute atomic E-state index is 0.0292. The molecule has 3 aromatic rings. The molecular formula is C29H31N3O3S. The van der Waals surface area contributed by atoms with Gasteiger partial charge in [0.25, 0.3) is 11.8 Å². The second-order valence-corrected chi connectivity index (χ2v) is 9.21. The van der Waals surface area contributed by atoms with Crippen LogP contribution < -0.4 is 15.4 Å². The van der Waals surface area contributed by atoms with Crippen molar-refractivity contribution in [3.05, 3.63) is 95.6 Å². The molecule has 0 atom stereocenters. The average molecular weight is 502 g/mol. The Morgan fingerprint density at radius 3 is 2.28 bits per heavy atom. The second kappa shape index (κ2) is 12.8. The number of ether oxygens (including phenoxy) is 1. The molecule has 6 nitrogen and oxygen atoms in total. The van der Waals surface area contributed by atoms with Crippen LogP contribution in [0.25, 0.3) is 0 Å². The lowest BCUT2D eigenvalue weighted by molar-refractivity contribution is 0.0761. The number of carbonyl (C=O) groups excluding carboxylic acids is 2. The lowest BCUT2D eigenvalue weighted by atomic mass is 10.1. The van der Waals surface area contributed by atoms with Gasteiger partial charge in [0.15, 0.2) is 5.11 Å². The van der Waals surface area contributed by atoms with Crippen molar-refractivity contribution in [2.45, 2.75) is 32.1 Å². The Balaban J connectivity index is 1.27. The Bertz CT molecular complexity index is 1170. The Labute approximate surface area is 217 Å². The molecular weight excluding hydrogens is 470 g/mol. The predicted octanol–water partition coefficient (Wildman–Crippen LogP) is 5.45. The molecule has 4 rings (SSSR count). The van der Waals surface area contributed by atoms with Crippen LogP contribution in [0.5, 0.6) is 5.75 Å². The first-order chi connectivity index (χ1) is 17.6. The molecule has 7 heteroatoms. The van der Waals surface area contributed by atoms with Crippen LogP contribution in [-0.4, -0.2) is 41.5 Å². The molecule has 0 spiro atoms. The first kappa shape index (κ1) is 25.4. The number of amides is 2. The molecule has 1 fully saturated rings. The highest BCUT2D eigenvalue weighted by molar-refractivity contribution is 7.80. The van der Waals surface area contributed by atoms with E-state index in [-0.39, 0.29) is 16.9 Å². The summed E-state index contributed by atoms with van der Waals surface area (Å²) in [6, 6.07) is 24.3. The van der Waals surface area contributed by atoms with Crippen LogP contribution in [0.1, 0.15) is 52.0 Å². The predicted molar refractivity (Wildman–Crippen MR) is 147 cm³/mol. The maximum Gasteiger partial charge on any atom is 0.257 e. The van der Waals surface area contributed by atoms with E-state index in [4.69, 9.17) is 17.0 Å². The standard InChI is InChI=1S/C29H31N3O3S/c33-27(23-13-15-26(16-14-23)35-20-17-22-9-4-3-5-10-22)31-29(36)30-25-12-8-11-24(21-25)28(34)32-18-6-1-2-7-19-32/h3-5,8-16,21H,1-2,6-7,17-20H2,(H2,30,31,33,36). The van der Waals surface area contributed by atoms with Gasteiger partial charge in [-0.05, 0) is 73.1 Å². The normalized spacial score (nSPS) is 13.4. The van der Waals surface area contributed by atoms with Crippen LogP contribution in [-0.2, 0) is 6.42 Å². The summed E-state index contributed by atoms with van der Waals surface area (Å²) in [5, 5.41) is 5.88. The van der Waals surface area contributed by atoms with Crippen molar-refractivity contribution in [2.24, 2.45) is 0 Å². The summed E-state index contributed by atoms with van der Waals surface area (Å²) in [6.45, 7) is 2.15. The van der Waals surface area contributed by atoms with E-state index >= 15 is 0 Å². The van der Waals surface area contributed by atoms with Crippen molar-refractivity contribution >= 4 is 34.8 Å².